The maximum absolute atomic E-state index is 11.7. The second-order valence-electron chi connectivity index (χ2n) is 4.04. The van der Waals surface area contributed by atoms with E-state index in [1.165, 1.54) is 11.8 Å². The molecule has 0 spiro atoms. The lowest BCUT2D eigenvalue weighted by Crippen LogP contribution is -2.19. The summed E-state index contributed by atoms with van der Waals surface area (Å²) < 4.78 is 2.03. The van der Waals surface area contributed by atoms with Crippen molar-refractivity contribution in [3.8, 4) is 0 Å². The van der Waals surface area contributed by atoms with Crippen LogP contribution in [0.2, 0.25) is 0 Å². The standard InChI is InChI=1S/C14H11N3OS3/c18-13(17-15-8-10-4-3-7-19-10)9-20-14-16-11-5-1-2-6-12(11)21-14/h1-8H,9H2,(H,17,18)/b15-8-. The molecule has 2 heterocycles. The van der Waals surface area contributed by atoms with Crippen LogP contribution in [0.4, 0.5) is 0 Å². The van der Waals surface area contributed by atoms with Crippen LogP contribution in [0, 0.1) is 0 Å². The number of thiophene rings is 1. The molecule has 0 saturated heterocycles. The zero-order valence-corrected chi connectivity index (χ0v) is 13.3. The third kappa shape index (κ3) is 3.90. The van der Waals surface area contributed by atoms with Crippen molar-refractivity contribution in [2.45, 2.75) is 4.34 Å². The fourth-order valence-electron chi connectivity index (χ4n) is 1.60. The van der Waals surface area contributed by atoms with Crippen LogP contribution in [0.5, 0.6) is 0 Å². The van der Waals surface area contributed by atoms with Crippen molar-refractivity contribution in [2.75, 3.05) is 5.75 Å². The van der Waals surface area contributed by atoms with Gasteiger partial charge in [0, 0.05) is 4.88 Å². The molecule has 0 aliphatic carbocycles. The van der Waals surface area contributed by atoms with Crippen molar-refractivity contribution in [2.24, 2.45) is 5.10 Å². The second kappa shape index (κ2) is 6.84. The van der Waals surface area contributed by atoms with Gasteiger partial charge in [-0.15, -0.1) is 22.7 Å². The largest absolute Gasteiger partial charge is 0.272 e. The number of aromatic nitrogens is 1. The second-order valence-corrected chi connectivity index (χ2v) is 7.28. The zero-order chi connectivity index (χ0) is 14.5. The number of nitrogens with zero attached hydrogens (tertiary/aromatic N) is 2. The number of benzene rings is 1. The van der Waals surface area contributed by atoms with Gasteiger partial charge in [0.2, 0.25) is 0 Å². The molecule has 0 fully saturated rings. The van der Waals surface area contributed by atoms with E-state index in [1.54, 1.807) is 28.9 Å². The Hall–Kier alpha value is -1.70. The summed E-state index contributed by atoms with van der Waals surface area (Å²) in [5, 5.41) is 5.89. The maximum Gasteiger partial charge on any atom is 0.250 e. The molecule has 3 rings (SSSR count). The summed E-state index contributed by atoms with van der Waals surface area (Å²) in [5.74, 6) is 0.175. The Bertz CT molecular complexity index is 732. The average molecular weight is 333 g/mol. The number of fused-ring (bicyclic) bond motifs is 1. The van der Waals surface area contributed by atoms with Gasteiger partial charge in [0.1, 0.15) is 0 Å². The summed E-state index contributed by atoms with van der Waals surface area (Å²) in [6.07, 6.45) is 1.64. The van der Waals surface area contributed by atoms with Gasteiger partial charge in [0.25, 0.3) is 5.91 Å². The molecule has 21 heavy (non-hydrogen) atoms. The third-order valence-corrected chi connectivity index (χ3v) is 5.51. The minimum absolute atomic E-state index is 0.132. The van der Waals surface area contributed by atoms with E-state index in [0.29, 0.717) is 5.75 Å². The Morgan fingerprint density at radius 2 is 2.24 bits per heavy atom. The van der Waals surface area contributed by atoms with Crippen LogP contribution < -0.4 is 5.43 Å². The van der Waals surface area contributed by atoms with Gasteiger partial charge in [0.05, 0.1) is 22.2 Å². The number of nitrogens with one attached hydrogen (secondary N) is 1. The number of hydrogen-bond donors (Lipinski definition) is 1. The summed E-state index contributed by atoms with van der Waals surface area (Å²) in [7, 11) is 0. The van der Waals surface area contributed by atoms with E-state index in [1.807, 2.05) is 41.8 Å². The lowest BCUT2D eigenvalue weighted by atomic mass is 10.3. The van der Waals surface area contributed by atoms with Gasteiger partial charge in [-0.05, 0) is 23.6 Å². The molecule has 2 aromatic heterocycles. The minimum Gasteiger partial charge on any atom is -0.272 e. The molecule has 1 aromatic carbocycles. The number of rotatable bonds is 5. The molecule has 1 N–H and O–H groups in total. The molecule has 3 aromatic rings. The highest BCUT2D eigenvalue weighted by Crippen LogP contribution is 2.28. The number of carbonyl (C=O) groups excluding carboxylic acids is 1. The van der Waals surface area contributed by atoms with Crippen LogP contribution >= 0.6 is 34.4 Å². The summed E-state index contributed by atoms with van der Waals surface area (Å²) in [4.78, 5) is 17.2. The Kier molecular flexibility index (Phi) is 4.64. The molecular formula is C14H11N3OS3. The van der Waals surface area contributed by atoms with Gasteiger partial charge in [-0.25, -0.2) is 10.4 Å². The SMILES string of the molecule is O=C(CSc1nc2ccccc2s1)N/N=C\c1cccs1. The summed E-state index contributed by atoms with van der Waals surface area (Å²) in [5.41, 5.74) is 3.49. The lowest BCUT2D eigenvalue weighted by molar-refractivity contribution is -0.118. The summed E-state index contributed by atoms with van der Waals surface area (Å²) in [6, 6.07) is 11.8. The average Bonchev–Trinajstić information content (AvgIpc) is 3.13. The molecule has 1 amide bonds. The number of thiazole rings is 1. The van der Waals surface area contributed by atoms with Gasteiger partial charge in [-0.3, -0.25) is 4.79 Å². The number of hydrazone groups is 1. The van der Waals surface area contributed by atoms with Crippen molar-refractivity contribution in [3.63, 3.8) is 0 Å². The molecule has 0 bridgehead atoms. The molecule has 0 radical (unpaired) electrons. The number of hydrogen-bond acceptors (Lipinski definition) is 6. The Balaban J connectivity index is 1.51. The maximum atomic E-state index is 11.7. The fraction of sp³-hybridized carbons (Fsp3) is 0.0714. The van der Waals surface area contributed by atoms with Crippen molar-refractivity contribution < 1.29 is 4.79 Å². The first-order valence-electron chi connectivity index (χ1n) is 6.15. The van der Waals surface area contributed by atoms with Crippen molar-refractivity contribution in [3.05, 3.63) is 46.7 Å². The van der Waals surface area contributed by atoms with E-state index in [4.69, 9.17) is 0 Å². The molecule has 0 unspecified atom stereocenters. The first kappa shape index (κ1) is 14.2. The van der Waals surface area contributed by atoms with Crippen molar-refractivity contribution in [1.82, 2.24) is 10.4 Å². The Morgan fingerprint density at radius 1 is 1.33 bits per heavy atom. The van der Waals surface area contributed by atoms with E-state index < -0.39 is 0 Å². The van der Waals surface area contributed by atoms with E-state index >= 15 is 0 Å². The van der Waals surface area contributed by atoms with Gasteiger partial charge >= 0.3 is 0 Å². The molecule has 7 heteroatoms. The lowest BCUT2D eigenvalue weighted by Gasteiger charge is -1.96. The van der Waals surface area contributed by atoms with Crippen molar-refractivity contribution >= 4 is 56.8 Å². The molecule has 0 saturated carbocycles. The molecular weight excluding hydrogens is 322 g/mol. The smallest absolute Gasteiger partial charge is 0.250 e. The predicted molar refractivity (Wildman–Crippen MR) is 90.4 cm³/mol. The van der Waals surface area contributed by atoms with Gasteiger partial charge < -0.3 is 0 Å². The molecule has 0 aliphatic heterocycles. The van der Waals surface area contributed by atoms with Gasteiger partial charge in [-0.1, -0.05) is 30.0 Å². The van der Waals surface area contributed by atoms with Crippen LogP contribution in [-0.2, 0) is 4.79 Å². The highest BCUT2D eigenvalue weighted by Gasteiger charge is 2.06. The molecule has 0 aliphatic rings. The van der Waals surface area contributed by atoms with E-state index in [2.05, 4.69) is 15.5 Å². The fourth-order valence-corrected chi connectivity index (χ4v) is 4.05. The number of thioether (sulfide) groups is 1. The van der Waals surface area contributed by atoms with Crippen LogP contribution in [0.1, 0.15) is 4.88 Å². The molecule has 4 nitrogen and oxygen atoms in total. The minimum atomic E-state index is -0.132. The van der Waals surface area contributed by atoms with E-state index in [9.17, 15) is 4.79 Å². The zero-order valence-electron chi connectivity index (χ0n) is 10.9. The Morgan fingerprint density at radius 3 is 3.05 bits per heavy atom. The van der Waals surface area contributed by atoms with Crippen molar-refractivity contribution in [1.29, 1.82) is 0 Å². The van der Waals surface area contributed by atoms with Gasteiger partial charge in [0.15, 0.2) is 4.34 Å². The number of para-hydroxylation sites is 1. The predicted octanol–water partition coefficient (Wildman–Crippen LogP) is 3.60. The summed E-state index contributed by atoms with van der Waals surface area (Å²) in [6.45, 7) is 0. The quantitative estimate of drug-likeness (QED) is 0.441. The van der Waals surface area contributed by atoms with Crippen LogP contribution in [0.25, 0.3) is 10.2 Å². The van der Waals surface area contributed by atoms with E-state index in [-0.39, 0.29) is 5.91 Å². The van der Waals surface area contributed by atoms with Crippen LogP contribution in [0.3, 0.4) is 0 Å². The monoisotopic (exact) mass is 333 g/mol. The third-order valence-electron chi connectivity index (χ3n) is 2.53. The molecule has 0 atom stereocenters. The first-order chi connectivity index (χ1) is 10.3. The highest BCUT2D eigenvalue weighted by atomic mass is 32.2. The topological polar surface area (TPSA) is 54.4 Å². The number of amides is 1. The Labute approximate surface area is 133 Å². The van der Waals surface area contributed by atoms with Gasteiger partial charge in [-0.2, -0.15) is 5.10 Å². The van der Waals surface area contributed by atoms with Crippen LogP contribution in [0.15, 0.2) is 51.2 Å². The van der Waals surface area contributed by atoms with Crippen LogP contribution in [-0.4, -0.2) is 22.9 Å². The highest BCUT2D eigenvalue weighted by molar-refractivity contribution is 8.01. The molecule has 106 valence electrons. The normalized spacial score (nSPS) is 11.2. The first-order valence-corrected chi connectivity index (χ1v) is 8.83. The summed E-state index contributed by atoms with van der Waals surface area (Å²) >= 11 is 4.60. The number of carbonyl (C=O) groups is 1. The van der Waals surface area contributed by atoms with E-state index in [0.717, 1.165) is 19.4 Å².